The molecule has 0 aliphatic carbocycles. The maximum Gasteiger partial charge on any atom is 0.339 e. The highest BCUT2D eigenvalue weighted by atomic mass is 16.4. The molecule has 0 saturated carbocycles. The number of amides is 1. The summed E-state index contributed by atoms with van der Waals surface area (Å²) < 4.78 is 5.28. The zero-order valence-corrected chi connectivity index (χ0v) is 14.8. The van der Waals surface area contributed by atoms with Crippen molar-refractivity contribution in [1.29, 1.82) is 0 Å². The molecule has 1 aromatic carbocycles. The third kappa shape index (κ3) is 4.43. The lowest BCUT2D eigenvalue weighted by molar-refractivity contribution is -0.149. The van der Waals surface area contributed by atoms with Gasteiger partial charge in [0.05, 0.1) is 0 Å². The van der Waals surface area contributed by atoms with Crippen molar-refractivity contribution in [2.75, 3.05) is 13.1 Å². The van der Waals surface area contributed by atoms with Crippen molar-refractivity contribution in [1.82, 2.24) is 4.90 Å². The highest BCUT2D eigenvalue weighted by Gasteiger charge is 2.21. The van der Waals surface area contributed by atoms with E-state index in [4.69, 9.17) is 14.6 Å². The number of hydrogen-bond donors (Lipinski definition) is 3. The van der Waals surface area contributed by atoms with Crippen LogP contribution >= 0.6 is 0 Å². The van der Waals surface area contributed by atoms with E-state index in [1.165, 1.54) is 6.07 Å². The van der Waals surface area contributed by atoms with Gasteiger partial charge >= 0.3 is 17.6 Å². The van der Waals surface area contributed by atoms with E-state index in [1.807, 2.05) is 0 Å². The van der Waals surface area contributed by atoms with E-state index in [2.05, 4.69) is 0 Å². The van der Waals surface area contributed by atoms with Crippen LogP contribution in [0.1, 0.15) is 23.1 Å². The first-order valence-electron chi connectivity index (χ1n) is 8.08. The van der Waals surface area contributed by atoms with Crippen LogP contribution in [0.25, 0.3) is 11.0 Å². The molecule has 144 valence electrons. The van der Waals surface area contributed by atoms with Crippen molar-refractivity contribution in [3.05, 3.63) is 39.2 Å². The second-order valence-corrected chi connectivity index (χ2v) is 6.12. The molecule has 9 nitrogen and oxygen atoms in total. The summed E-state index contributed by atoms with van der Waals surface area (Å²) in [5, 5.41) is 28.0. The Morgan fingerprint density at radius 2 is 1.63 bits per heavy atom. The number of carboxylic acid groups (broad SMARTS) is 2. The summed E-state index contributed by atoms with van der Waals surface area (Å²) in [7, 11) is 0. The van der Waals surface area contributed by atoms with Crippen molar-refractivity contribution in [2.24, 2.45) is 0 Å². The molecule has 0 unspecified atom stereocenters. The van der Waals surface area contributed by atoms with Gasteiger partial charge in [0, 0.05) is 22.9 Å². The van der Waals surface area contributed by atoms with Gasteiger partial charge in [0.25, 0.3) is 0 Å². The average molecular weight is 377 g/mol. The van der Waals surface area contributed by atoms with Crippen LogP contribution in [0.2, 0.25) is 0 Å². The van der Waals surface area contributed by atoms with E-state index in [-0.39, 0.29) is 29.7 Å². The molecule has 2 aromatic rings. The molecular formula is C18H19NO8. The minimum atomic E-state index is -1.33. The molecule has 0 aliphatic heterocycles. The lowest BCUT2D eigenvalue weighted by Crippen LogP contribution is -2.39. The standard InChI is InChI=1S/C18H19NO8/c1-9-11-3-5-13(20)10(2)17(11)27-18(26)12(9)4-6-14(21)19(7-15(22)23)8-16(24)25/h3,5,20H,4,6-8H2,1-2H3,(H,22,23)(H,24,25). The van der Waals surface area contributed by atoms with Crippen LogP contribution in [0.15, 0.2) is 21.3 Å². The van der Waals surface area contributed by atoms with E-state index in [0.717, 1.165) is 0 Å². The number of carboxylic acids is 2. The molecule has 0 aliphatic rings. The van der Waals surface area contributed by atoms with Crippen molar-refractivity contribution in [3.63, 3.8) is 0 Å². The van der Waals surface area contributed by atoms with Crippen molar-refractivity contribution >= 4 is 28.8 Å². The van der Waals surface area contributed by atoms with Crippen LogP contribution in [0.4, 0.5) is 0 Å². The largest absolute Gasteiger partial charge is 0.508 e. The Morgan fingerprint density at radius 1 is 1.04 bits per heavy atom. The third-order valence-electron chi connectivity index (χ3n) is 4.27. The highest BCUT2D eigenvalue weighted by Crippen LogP contribution is 2.28. The Labute approximate surface area is 153 Å². The number of phenols is 1. The van der Waals surface area contributed by atoms with Crippen LogP contribution in [0.3, 0.4) is 0 Å². The van der Waals surface area contributed by atoms with Crippen LogP contribution in [-0.2, 0) is 20.8 Å². The number of phenolic OH excluding ortho intramolecular Hbond substituents is 1. The summed E-state index contributed by atoms with van der Waals surface area (Å²) in [6, 6.07) is 3.07. The second kappa shape index (κ2) is 7.90. The lowest BCUT2D eigenvalue weighted by Gasteiger charge is -2.18. The second-order valence-electron chi connectivity index (χ2n) is 6.12. The molecule has 9 heteroatoms. The topological polar surface area (TPSA) is 145 Å². The maximum absolute atomic E-state index is 12.3. The number of fused-ring (bicyclic) bond motifs is 1. The first-order chi connectivity index (χ1) is 12.6. The Bertz CT molecular complexity index is 959. The average Bonchev–Trinajstić information content (AvgIpc) is 2.56. The van der Waals surface area contributed by atoms with Gasteiger partial charge in [-0.05, 0) is 38.0 Å². The summed E-state index contributed by atoms with van der Waals surface area (Å²) in [5.74, 6) is -3.37. The molecule has 0 atom stereocenters. The fraction of sp³-hybridized carbons (Fsp3) is 0.333. The van der Waals surface area contributed by atoms with Crippen LogP contribution in [-0.4, -0.2) is 51.2 Å². The van der Waals surface area contributed by atoms with E-state index in [1.54, 1.807) is 19.9 Å². The fourth-order valence-electron chi connectivity index (χ4n) is 2.82. The Balaban J connectivity index is 2.29. The number of aliphatic carboxylic acids is 2. The summed E-state index contributed by atoms with van der Waals surface area (Å²) in [6.07, 6.45) is -0.271. The minimum absolute atomic E-state index is 0.00837. The van der Waals surface area contributed by atoms with Crippen LogP contribution in [0.5, 0.6) is 5.75 Å². The van der Waals surface area contributed by atoms with E-state index in [0.29, 0.717) is 21.4 Å². The van der Waals surface area contributed by atoms with Crippen molar-refractivity contribution in [2.45, 2.75) is 26.7 Å². The molecule has 3 N–H and O–H groups in total. The molecule has 1 heterocycles. The van der Waals surface area contributed by atoms with Crippen LogP contribution < -0.4 is 5.63 Å². The molecule has 0 radical (unpaired) electrons. The molecule has 1 aromatic heterocycles. The minimum Gasteiger partial charge on any atom is -0.508 e. The van der Waals surface area contributed by atoms with Crippen molar-refractivity contribution < 1.29 is 34.1 Å². The molecule has 0 spiro atoms. The number of rotatable bonds is 7. The van der Waals surface area contributed by atoms with Gasteiger partial charge in [-0.25, -0.2) is 4.79 Å². The monoisotopic (exact) mass is 377 g/mol. The number of aryl methyl sites for hydroxylation is 2. The third-order valence-corrected chi connectivity index (χ3v) is 4.27. The Morgan fingerprint density at radius 3 is 2.19 bits per heavy atom. The quantitative estimate of drug-likeness (QED) is 0.607. The number of benzene rings is 1. The highest BCUT2D eigenvalue weighted by molar-refractivity contribution is 5.87. The predicted molar refractivity (Wildman–Crippen MR) is 93.8 cm³/mol. The van der Waals surface area contributed by atoms with Gasteiger partial charge in [-0.15, -0.1) is 0 Å². The van der Waals surface area contributed by atoms with E-state index >= 15 is 0 Å². The number of hydrogen-bond acceptors (Lipinski definition) is 6. The SMILES string of the molecule is Cc1c(CCC(=O)N(CC(=O)O)CC(=O)O)c(=O)oc2c(C)c(O)ccc12. The molecule has 0 saturated heterocycles. The number of carbonyl (C=O) groups is 3. The summed E-state index contributed by atoms with van der Waals surface area (Å²) in [6.45, 7) is 1.81. The summed E-state index contributed by atoms with van der Waals surface area (Å²) in [5.41, 5.74) is 0.839. The molecule has 27 heavy (non-hydrogen) atoms. The van der Waals surface area contributed by atoms with E-state index < -0.39 is 36.6 Å². The zero-order valence-electron chi connectivity index (χ0n) is 14.8. The summed E-state index contributed by atoms with van der Waals surface area (Å²) >= 11 is 0. The maximum atomic E-state index is 12.3. The first-order valence-corrected chi connectivity index (χ1v) is 8.08. The molecule has 0 bridgehead atoms. The predicted octanol–water partition coefficient (Wildman–Crippen LogP) is 1.05. The summed E-state index contributed by atoms with van der Waals surface area (Å²) in [4.78, 5) is 46.8. The normalized spacial score (nSPS) is 10.7. The molecule has 0 fully saturated rings. The number of nitrogens with zero attached hydrogens (tertiary/aromatic N) is 1. The molecule has 1 amide bonds. The van der Waals surface area contributed by atoms with Gasteiger partial charge in [-0.2, -0.15) is 0 Å². The molecule has 2 rings (SSSR count). The Hall–Kier alpha value is -3.36. The zero-order chi connectivity index (χ0) is 20.3. The first kappa shape index (κ1) is 20.0. The number of carbonyl (C=O) groups excluding carboxylic acids is 1. The van der Waals surface area contributed by atoms with Gasteiger partial charge in [-0.1, -0.05) is 0 Å². The van der Waals surface area contributed by atoms with Gasteiger partial charge in [0.2, 0.25) is 5.91 Å². The van der Waals surface area contributed by atoms with E-state index in [9.17, 15) is 24.3 Å². The smallest absolute Gasteiger partial charge is 0.339 e. The van der Waals surface area contributed by atoms with Crippen molar-refractivity contribution in [3.8, 4) is 5.75 Å². The van der Waals surface area contributed by atoms with Gasteiger partial charge < -0.3 is 24.6 Å². The Kier molecular flexibility index (Phi) is 5.84. The van der Waals surface area contributed by atoms with Gasteiger partial charge in [-0.3, -0.25) is 14.4 Å². The van der Waals surface area contributed by atoms with Gasteiger partial charge in [0.1, 0.15) is 24.4 Å². The number of aromatic hydroxyl groups is 1. The molecular weight excluding hydrogens is 358 g/mol. The lowest BCUT2D eigenvalue weighted by atomic mass is 10.00. The fourth-order valence-corrected chi connectivity index (χ4v) is 2.82. The van der Waals surface area contributed by atoms with Crippen LogP contribution in [0, 0.1) is 13.8 Å². The van der Waals surface area contributed by atoms with Gasteiger partial charge in [0.15, 0.2) is 0 Å².